The highest BCUT2D eigenvalue weighted by Crippen LogP contribution is 2.29. The largest absolute Gasteiger partial charge is 0.376 e. The van der Waals surface area contributed by atoms with E-state index in [9.17, 15) is 0 Å². The van der Waals surface area contributed by atoms with Gasteiger partial charge in [0.05, 0.1) is 6.10 Å². The number of thiophene rings is 1. The van der Waals surface area contributed by atoms with Gasteiger partial charge in [0, 0.05) is 24.9 Å². The summed E-state index contributed by atoms with van der Waals surface area (Å²) in [7, 11) is 0. The van der Waals surface area contributed by atoms with Crippen molar-refractivity contribution in [1.82, 2.24) is 0 Å². The molecule has 1 unspecified atom stereocenters. The first-order chi connectivity index (χ1) is 7.93. The molecule has 1 atom stereocenters. The molecule has 86 valence electrons. The van der Waals surface area contributed by atoms with Gasteiger partial charge < -0.3 is 9.64 Å². The van der Waals surface area contributed by atoms with Crippen molar-refractivity contribution >= 4 is 22.6 Å². The Kier molecular flexibility index (Phi) is 2.93. The van der Waals surface area contributed by atoms with Crippen LogP contribution >= 0.6 is 11.3 Å². The number of anilines is 1. The van der Waals surface area contributed by atoms with Crippen molar-refractivity contribution in [1.29, 1.82) is 0 Å². The maximum absolute atomic E-state index is 5.78. The van der Waals surface area contributed by atoms with Gasteiger partial charge in [-0.3, -0.25) is 4.99 Å². The van der Waals surface area contributed by atoms with Gasteiger partial charge in [-0.05, 0) is 30.7 Å². The SMILES string of the molecule is C1=NCN(CC2CCCCO2)c2sccc21. The molecular weight excluding hydrogens is 220 g/mol. The van der Waals surface area contributed by atoms with E-state index in [2.05, 4.69) is 21.3 Å². The van der Waals surface area contributed by atoms with Crippen LogP contribution in [0, 0.1) is 0 Å². The van der Waals surface area contributed by atoms with Crippen molar-refractivity contribution in [3.63, 3.8) is 0 Å². The van der Waals surface area contributed by atoms with Gasteiger partial charge in [-0.1, -0.05) is 0 Å². The molecule has 0 amide bonds. The van der Waals surface area contributed by atoms with E-state index < -0.39 is 0 Å². The van der Waals surface area contributed by atoms with E-state index in [1.165, 1.54) is 29.8 Å². The Hall–Kier alpha value is -0.870. The Morgan fingerprint density at radius 3 is 3.38 bits per heavy atom. The molecule has 3 heterocycles. The normalized spacial score (nSPS) is 24.5. The Balaban J connectivity index is 1.69. The molecule has 4 heteroatoms. The van der Waals surface area contributed by atoms with E-state index in [1.54, 1.807) is 11.3 Å². The lowest BCUT2D eigenvalue weighted by atomic mass is 10.1. The number of hydrogen-bond donors (Lipinski definition) is 0. The first kappa shape index (κ1) is 10.3. The summed E-state index contributed by atoms with van der Waals surface area (Å²) < 4.78 is 5.78. The van der Waals surface area contributed by atoms with E-state index in [0.717, 1.165) is 19.8 Å². The number of nitrogens with zero attached hydrogens (tertiary/aromatic N) is 2. The van der Waals surface area contributed by atoms with Gasteiger partial charge in [0.25, 0.3) is 0 Å². The van der Waals surface area contributed by atoms with E-state index in [1.807, 2.05) is 6.21 Å². The minimum absolute atomic E-state index is 0.400. The average molecular weight is 236 g/mol. The number of aliphatic imine (C=N–C) groups is 1. The van der Waals surface area contributed by atoms with Crippen LogP contribution in [0.5, 0.6) is 0 Å². The summed E-state index contributed by atoms with van der Waals surface area (Å²) in [6.45, 7) is 2.71. The lowest BCUT2D eigenvalue weighted by molar-refractivity contribution is 0.0211. The molecule has 0 bridgehead atoms. The van der Waals surface area contributed by atoms with Crippen LogP contribution in [0.2, 0.25) is 0 Å². The van der Waals surface area contributed by atoms with Gasteiger partial charge in [0.2, 0.25) is 0 Å². The topological polar surface area (TPSA) is 24.8 Å². The molecule has 0 aliphatic carbocycles. The van der Waals surface area contributed by atoms with Crippen molar-refractivity contribution in [2.24, 2.45) is 4.99 Å². The quantitative estimate of drug-likeness (QED) is 0.788. The maximum Gasteiger partial charge on any atom is 0.111 e. The predicted molar refractivity (Wildman–Crippen MR) is 67.7 cm³/mol. The smallest absolute Gasteiger partial charge is 0.111 e. The summed E-state index contributed by atoms with van der Waals surface area (Å²) in [6.07, 6.45) is 6.10. The Morgan fingerprint density at radius 2 is 2.50 bits per heavy atom. The van der Waals surface area contributed by atoms with E-state index in [-0.39, 0.29) is 0 Å². The molecule has 1 fully saturated rings. The molecule has 2 aliphatic rings. The van der Waals surface area contributed by atoms with Crippen molar-refractivity contribution in [2.45, 2.75) is 25.4 Å². The van der Waals surface area contributed by atoms with Gasteiger partial charge in [-0.15, -0.1) is 11.3 Å². The van der Waals surface area contributed by atoms with E-state index in [0.29, 0.717) is 6.10 Å². The molecule has 2 aliphatic heterocycles. The van der Waals surface area contributed by atoms with Gasteiger partial charge >= 0.3 is 0 Å². The highest BCUT2D eigenvalue weighted by molar-refractivity contribution is 7.14. The summed E-state index contributed by atoms with van der Waals surface area (Å²) in [5, 5.41) is 3.49. The lowest BCUT2D eigenvalue weighted by Gasteiger charge is -2.31. The highest BCUT2D eigenvalue weighted by atomic mass is 32.1. The lowest BCUT2D eigenvalue weighted by Crippen LogP contribution is -2.37. The maximum atomic E-state index is 5.78. The zero-order valence-corrected chi connectivity index (χ0v) is 10.1. The second-order valence-electron chi connectivity index (χ2n) is 4.35. The minimum Gasteiger partial charge on any atom is -0.376 e. The third kappa shape index (κ3) is 1.99. The van der Waals surface area contributed by atoms with Crippen LogP contribution in [0.1, 0.15) is 24.8 Å². The number of fused-ring (bicyclic) bond motifs is 1. The second kappa shape index (κ2) is 4.55. The van der Waals surface area contributed by atoms with E-state index >= 15 is 0 Å². The fraction of sp³-hybridized carbons (Fsp3) is 0.583. The van der Waals surface area contributed by atoms with Crippen LogP contribution in [0.25, 0.3) is 0 Å². The van der Waals surface area contributed by atoms with E-state index in [4.69, 9.17) is 4.74 Å². The van der Waals surface area contributed by atoms with Crippen LogP contribution in [0.4, 0.5) is 5.00 Å². The van der Waals surface area contributed by atoms with Crippen LogP contribution in [0.3, 0.4) is 0 Å². The number of rotatable bonds is 2. The Labute approximate surface area is 99.7 Å². The van der Waals surface area contributed by atoms with Crippen LogP contribution in [0.15, 0.2) is 16.4 Å². The third-order valence-corrected chi connectivity index (χ3v) is 4.13. The second-order valence-corrected chi connectivity index (χ2v) is 5.24. The standard InChI is InChI=1S/C12H16N2OS/c1-2-5-15-11(3-1)8-14-9-13-7-10-4-6-16-12(10)14/h4,6-7,11H,1-3,5,8-9H2. The van der Waals surface area contributed by atoms with Crippen molar-refractivity contribution in [2.75, 3.05) is 24.7 Å². The first-order valence-corrected chi connectivity index (χ1v) is 6.75. The number of ether oxygens (including phenoxy) is 1. The molecule has 0 radical (unpaired) electrons. The van der Waals surface area contributed by atoms with Gasteiger partial charge in [0.1, 0.15) is 11.7 Å². The molecule has 3 nitrogen and oxygen atoms in total. The van der Waals surface area contributed by atoms with Crippen molar-refractivity contribution in [3.8, 4) is 0 Å². The summed E-state index contributed by atoms with van der Waals surface area (Å²) >= 11 is 1.80. The minimum atomic E-state index is 0.400. The van der Waals surface area contributed by atoms with Gasteiger partial charge in [-0.25, -0.2) is 0 Å². The summed E-state index contributed by atoms with van der Waals surface area (Å²) in [4.78, 5) is 6.73. The van der Waals surface area contributed by atoms with Crippen molar-refractivity contribution < 1.29 is 4.74 Å². The molecule has 1 aromatic heterocycles. The zero-order valence-electron chi connectivity index (χ0n) is 9.26. The number of hydrogen-bond acceptors (Lipinski definition) is 4. The molecule has 0 N–H and O–H groups in total. The monoisotopic (exact) mass is 236 g/mol. The zero-order chi connectivity index (χ0) is 10.8. The highest BCUT2D eigenvalue weighted by Gasteiger charge is 2.21. The van der Waals surface area contributed by atoms with Crippen LogP contribution in [-0.4, -0.2) is 32.1 Å². The summed E-state index contributed by atoms with van der Waals surface area (Å²) in [6, 6.07) is 2.14. The average Bonchev–Trinajstić information content (AvgIpc) is 2.80. The predicted octanol–water partition coefficient (Wildman–Crippen LogP) is 2.51. The van der Waals surface area contributed by atoms with Crippen LogP contribution in [-0.2, 0) is 4.74 Å². The van der Waals surface area contributed by atoms with Crippen LogP contribution < -0.4 is 4.90 Å². The first-order valence-electron chi connectivity index (χ1n) is 5.87. The fourth-order valence-electron chi connectivity index (χ4n) is 2.31. The Morgan fingerprint density at radius 1 is 1.50 bits per heavy atom. The van der Waals surface area contributed by atoms with Gasteiger partial charge in [-0.2, -0.15) is 0 Å². The molecule has 0 aromatic carbocycles. The fourth-order valence-corrected chi connectivity index (χ4v) is 3.19. The molecule has 0 saturated carbocycles. The van der Waals surface area contributed by atoms with Crippen molar-refractivity contribution in [3.05, 3.63) is 17.0 Å². The summed E-state index contributed by atoms with van der Waals surface area (Å²) in [5.74, 6) is 0. The third-order valence-electron chi connectivity index (χ3n) is 3.14. The molecule has 1 saturated heterocycles. The Bertz CT molecular complexity index is 382. The molecule has 16 heavy (non-hydrogen) atoms. The molecule has 1 aromatic rings. The molecular formula is C12H16N2OS. The molecule has 3 rings (SSSR count). The summed E-state index contributed by atoms with van der Waals surface area (Å²) in [5.41, 5.74) is 1.26. The molecule has 0 spiro atoms. The van der Waals surface area contributed by atoms with Gasteiger partial charge in [0.15, 0.2) is 0 Å².